The van der Waals surface area contributed by atoms with E-state index in [9.17, 15) is 0 Å². The summed E-state index contributed by atoms with van der Waals surface area (Å²) < 4.78 is 0. The molecule has 2 nitrogen and oxygen atoms in total. The third-order valence-electron chi connectivity index (χ3n) is 4.32. The summed E-state index contributed by atoms with van der Waals surface area (Å²) in [5, 5.41) is 3.33. The highest BCUT2D eigenvalue weighted by Crippen LogP contribution is 2.22. The third-order valence-corrected chi connectivity index (χ3v) is 4.32. The van der Waals surface area contributed by atoms with Crippen LogP contribution in [0.4, 0.5) is 0 Å². The summed E-state index contributed by atoms with van der Waals surface area (Å²) in [7, 11) is 2.06. The first-order valence-corrected chi connectivity index (χ1v) is 7.54. The lowest BCUT2D eigenvalue weighted by atomic mass is 9.95. The highest BCUT2D eigenvalue weighted by atomic mass is 35.5. The smallest absolute Gasteiger partial charge is 0.0239 e. The monoisotopic (exact) mass is 296 g/mol. The largest absolute Gasteiger partial charge is 0.319 e. The molecule has 0 aliphatic carbocycles. The standard InChI is InChI=1S/C17H28N2.ClH/c1-13-8-14(2)17(15(3)9-13)12-19-7-5-6-16(11-19)10-18-4;/h8-9,16,18H,5-7,10-12H2,1-4H3;1H. The summed E-state index contributed by atoms with van der Waals surface area (Å²) in [6.45, 7) is 11.5. The molecule has 114 valence electrons. The van der Waals surface area contributed by atoms with E-state index in [0.717, 1.165) is 19.0 Å². The van der Waals surface area contributed by atoms with Crippen molar-refractivity contribution in [3.8, 4) is 0 Å². The van der Waals surface area contributed by atoms with Crippen LogP contribution in [0, 0.1) is 26.7 Å². The van der Waals surface area contributed by atoms with E-state index in [1.807, 2.05) is 0 Å². The van der Waals surface area contributed by atoms with Crippen LogP contribution in [-0.4, -0.2) is 31.6 Å². The van der Waals surface area contributed by atoms with Crippen LogP contribution in [0.5, 0.6) is 0 Å². The van der Waals surface area contributed by atoms with E-state index in [4.69, 9.17) is 0 Å². The minimum absolute atomic E-state index is 0. The van der Waals surface area contributed by atoms with Crippen molar-refractivity contribution in [3.63, 3.8) is 0 Å². The molecule has 0 radical (unpaired) electrons. The number of piperidine rings is 1. The van der Waals surface area contributed by atoms with E-state index >= 15 is 0 Å². The molecular formula is C17H29ClN2. The molecule has 1 aromatic rings. The van der Waals surface area contributed by atoms with Crippen molar-refractivity contribution in [1.29, 1.82) is 0 Å². The van der Waals surface area contributed by atoms with Crippen molar-refractivity contribution in [1.82, 2.24) is 10.2 Å². The van der Waals surface area contributed by atoms with Gasteiger partial charge in [-0.2, -0.15) is 0 Å². The number of nitrogens with zero attached hydrogens (tertiary/aromatic N) is 1. The zero-order chi connectivity index (χ0) is 13.8. The van der Waals surface area contributed by atoms with Crippen LogP contribution in [0.1, 0.15) is 35.1 Å². The van der Waals surface area contributed by atoms with Crippen LogP contribution in [0.2, 0.25) is 0 Å². The number of rotatable bonds is 4. The van der Waals surface area contributed by atoms with Crippen LogP contribution >= 0.6 is 12.4 Å². The summed E-state index contributed by atoms with van der Waals surface area (Å²) in [5.74, 6) is 0.824. The van der Waals surface area contributed by atoms with Crippen LogP contribution in [0.15, 0.2) is 12.1 Å². The van der Waals surface area contributed by atoms with Gasteiger partial charge in [0.2, 0.25) is 0 Å². The van der Waals surface area contributed by atoms with Crippen molar-refractivity contribution in [2.45, 2.75) is 40.2 Å². The van der Waals surface area contributed by atoms with Crippen molar-refractivity contribution >= 4 is 12.4 Å². The van der Waals surface area contributed by atoms with Crippen LogP contribution < -0.4 is 5.32 Å². The molecule has 1 heterocycles. The maximum absolute atomic E-state index is 3.33. The van der Waals surface area contributed by atoms with Crippen LogP contribution in [0.3, 0.4) is 0 Å². The number of halogens is 1. The van der Waals surface area contributed by atoms with Gasteiger partial charge in [-0.3, -0.25) is 4.90 Å². The normalized spacial score (nSPS) is 19.7. The molecule has 2 rings (SSSR count). The fourth-order valence-electron chi connectivity index (χ4n) is 3.43. The molecule has 20 heavy (non-hydrogen) atoms. The summed E-state index contributed by atoms with van der Waals surface area (Å²) in [6.07, 6.45) is 2.72. The van der Waals surface area contributed by atoms with Gasteiger partial charge in [-0.15, -0.1) is 12.4 Å². The van der Waals surface area contributed by atoms with Crippen LogP contribution in [-0.2, 0) is 6.54 Å². The van der Waals surface area contributed by atoms with Crippen LogP contribution in [0.25, 0.3) is 0 Å². The zero-order valence-electron chi connectivity index (χ0n) is 13.3. The molecule has 0 spiro atoms. The first-order valence-electron chi connectivity index (χ1n) is 7.54. The molecule has 1 aliphatic heterocycles. The molecule has 0 saturated carbocycles. The average Bonchev–Trinajstić information content (AvgIpc) is 2.35. The Hall–Kier alpha value is -0.570. The molecule has 0 aromatic heterocycles. The van der Waals surface area contributed by atoms with E-state index < -0.39 is 0 Å². The van der Waals surface area contributed by atoms with Crippen molar-refractivity contribution < 1.29 is 0 Å². The van der Waals surface area contributed by atoms with Crippen molar-refractivity contribution in [2.24, 2.45) is 5.92 Å². The second-order valence-electron chi connectivity index (χ2n) is 6.18. The summed E-state index contributed by atoms with van der Waals surface area (Å²) >= 11 is 0. The average molecular weight is 297 g/mol. The van der Waals surface area contributed by atoms with Gasteiger partial charge in [-0.1, -0.05) is 17.7 Å². The van der Waals surface area contributed by atoms with Gasteiger partial charge in [-0.05, 0) is 76.4 Å². The second kappa shape index (κ2) is 8.02. The quantitative estimate of drug-likeness (QED) is 0.915. The third kappa shape index (κ3) is 4.47. The Balaban J connectivity index is 0.00000200. The lowest BCUT2D eigenvalue weighted by Gasteiger charge is -2.33. The van der Waals surface area contributed by atoms with E-state index in [1.165, 1.54) is 48.2 Å². The fraction of sp³-hybridized carbons (Fsp3) is 0.647. The van der Waals surface area contributed by atoms with Gasteiger partial charge in [0, 0.05) is 13.1 Å². The van der Waals surface area contributed by atoms with Crippen molar-refractivity contribution in [3.05, 3.63) is 34.4 Å². The predicted octanol–water partition coefficient (Wildman–Crippen LogP) is 3.47. The van der Waals surface area contributed by atoms with Gasteiger partial charge >= 0.3 is 0 Å². The summed E-state index contributed by atoms with van der Waals surface area (Å²) in [6, 6.07) is 4.63. The molecule has 1 N–H and O–H groups in total. The van der Waals surface area contributed by atoms with E-state index in [1.54, 1.807) is 0 Å². The van der Waals surface area contributed by atoms with Gasteiger partial charge in [0.15, 0.2) is 0 Å². The Morgan fingerprint density at radius 2 is 1.85 bits per heavy atom. The first kappa shape index (κ1) is 17.5. The van der Waals surface area contributed by atoms with Gasteiger partial charge in [-0.25, -0.2) is 0 Å². The fourth-order valence-corrected chi connectivity index (χ4v) is 3.43. The van der Waals surface area contributed by atoms with Gasteiger partial charge in [0.05, 0.1) is 0 Å². The Morgan fingerprint density at radius 1 is 1.20 bits per heavy atom. The molecule has 1 unspecified atom stereocenters. The molecule has 1 saturated heterocycles. The number of aryl methyl sites for hydroxylation is 3. The summed E-state index contributed by atoms with van der Waals surface area (Å²) in [5.41, 5.74) is 5.82. The highest BCUT2D eigenvalue weighted by molar-refractivity contribution is 5.85. The van der Waals surface area contributed by atoms with Gasteiger partial charge < -0.3 is 5.32 Å². The molecule has 0 bridgehead atoms. The minimum atomic E-state index is 0. The molecular weight excluding hydrogens is 268 g/mol. The number of nitrogens with one attached hydrogen (secondary N) is 1. The number of likely N-dealkylation sites (tertiary alicyclic amines) is 1. The first-order chi connectivity index (χ1) is 9.10. The van der Waals surface area contributed by atoms with Gasteiger partial charge in [0.25, 0.3) is 0 Å². The molecule has 3 heteroatoms. The number of hydrogen-bond donors (Lipinski definition) is 1. The molecule has 0 amide bonds. The topological polar surface area (TPSA) is 15.3 Å². The number of benzene rings is 1. The maximum atomic E-state index is 3.33. The molecule has 1 aromatic carbocycles. The maximum Gasteiger partial charge on any atom is 0.0239 e. The Labute approximate surface area is 130 Å². The molecule has 1 atom stereocenters. The Bertz CT molecular complexity index is 406. The molecule has 1 fully saturated rings. The zero-order valence-corrected chi connectivity index (χ0v) is 14.1. The SMILES string of the molecule is CNCC1CCCN(Cc2c(C)cc(C)cc2C)C1.Cl. The Kier molecular flexibility index (Phi) is 7.01. The summed E-state index contributed by atoms with van der Waals surface area (Å²) in [4.78, 5) is 2.64. The lowest BCUT2D eigenvalue weighted by molar-refractivity contribution is 0.166. The highest BCUT2D eigenvalue weighted by Gasteiger charge is 2.20. The van der Waals surface area contributed by atoms with Crippen molar-refractivity contribution in [2.75, 3.05) is 26.7 Å². The van der Waals surface area contributed by atoms with E-state index in [2.05, 4.69) is 50.2 Å². The Morgan fingerprint density at radius 3 is 2.45 bits per heavy atom. The minimum Gasteiger partial charge on any atom is -0.319 e. The van der Waals surface area contributed by atoms with Gasteiger partial charge in [0.1, 0.15) is 0 Å². The van der Waals surface area contributed by atoms with E-state index in [-0.39, 0.29) is 12.4 Å². The second-order valence-corrected chi connectivity index (χ2v) is 6.18. The molecule has 1 aliphatic rings. The predicted molar refractivity (Wildman–Crippen MR) is 89.8 cm³/mol. The number of hydrogen-bond acceptors (Lipinski definition) is 2. The van der Waals surface area contributed by atoms with E-state index in [0.29, 0.717) is 0 Å². The lowest BCUT2D eigenvalue weighted by Crippen LogP contribution is -2.38.